The lowest BCUT2D eigenvalue weighted by atomic mass is 10.1. The summed E-state index contributed by atoms with van der Waals surface area (Å²) < 4.78 is 16.9. The van der Waals surface area contributed by atoms with Gasteiger partial charge in [-0.3, -0.25) is 14.4 Å². The van der Waals surface area contributed by atoms with E-state index in [1.807, 2.05) is 0 Å². The van der Waals surface area contributed by atoms with Gasteiger partial charge in [0.1, 0.15) is 13.2 Å². The molecule has 0 N–H and O–H groups in total. The van der Waals surface area contributed by atoms with Crippen LogP contribution in [0.15, 0.2) is 146 Å². The van der Waals surface area contributed by atoms with Crippen LogP contribution in [0.5, 0.6) is 0 Å². The van der Waals surface area contributed by atoms with Gasteiger partial charge in [-0.05, 0) is 141 Å². The highest BCUT2D eigenvalue weighted by Gasteiger charge is 2.19. The Morgan fingerprint density at radius 1 is 0.256 bits per heavy atom. The molecule has 0 rings (SSSR count). The SMILES string of the molecule is CC/C=C\C/C=C\C/C=C\C/C=C\C/C=C\C/C=C\C/C=C\C/C=C\C/C=C\CCCCCCCC(=O)OCC(COC(=O)CCCCCCC/C=C\C/C=C\CCCC)OC(=O)CCCCCCCCC/C=C\CCCCCCCC. The maximum Gasteiger partial charge on any atom is 0.306 e. The van der Waals surface area contributed by atoms with E-state index in [1.54, 1.807) is 0 Å². The van der Waals surface area contributed by atoms with E-state index in [2.05, 4.69) is 167 Å². The molecular formula is C76H124O6. The molecule has 0 aliphatic rings. The molecule has 0 radical (unpaired) electrons. The molecule has 464 valence electrons. The molecule has 1 unspecified atom stereocenters. The maximum absolute atomic E-state index is 12.9. The van der Waals surface area contributed by atoms with Crippen molar-refractivity contribution in [3.05, 3.63) is 146 Å². The number of esters is 3. The molecule has 0 aliphatic carbocycles. The summed E-state index contributed by atoms with van der Waals surface area (Å²) in [5, 5.41) is 0. The third-order valence-corrected chi connectivity index (χ3v) is 14.0. The topological polar surface area (TPSA) is 78.9 Å². The van der Waals surface area contributed by atoms with Crippen LogP contribution in [-0.2, 0) is 28.6 Å². The zero-order valence-electron chi connectivity index (χ0n) is 53.2. The number of hydrogen-bond donors (Lipinski definition) is 0. The molecule has 0 saturated carbocycles. The van der Waals surface area contributed by atoms with Crippen molar-refractivity contribution in [2.45, 2.75) is 303 Å². The standard InChI is InChI=1S/C76H124O6/c1-4-7-10-13-16-19-22-25-28-30-31-32-33-34-35-36-37-38-39-40-41-42-43-44-45-47-48-51-54-57-60-63-66-69-75(78)81-72-73(71-80-74(77)68-65-62-59-56-53-50-27-24-21-18-15-12-9-6-3)82-76(79)70-67-64-61-58-55-52-49-46-29-26-23-20-17-14-11-8-5-2/h7,10,15-16,18-19,24-29,31-32,34-35,37-38,40-41,43-44,47-48,73H,4-6,8-9,11-14,17,20-23,30,33,36,39,42,45-46,49-72H2,1-3H3/b10-7-,18-15-,19-16-,27-24-,28-25-,29-26-,32-31-,35-34-,38-37-,41-40-,44-43-,48-47-. The van der Waals surface area contributed by atoms with Crippen LogP contribution in [-0.4, -0.2) is 37.2 Å². The fourth-order valence-electron chi connectivity index (χ4n) is 8.98. The van der Waals surface area contributed by atoms with Crippen molar-refractivity contribution in [3.8, 4) is 0 Å². The van der Waals surface area contributed by atoms with Crippen molar-refractivity contribution < 1.29 is 28.6 Å². The maximum atomic E-state index is 12.9. The minimum atomic E-state index is -0.801. The minimum Gasteiger partial charge on any atom is -0.462 e. The van der Waals surface area contributed by atoms with Gasteiger partial charge in [0.2, 0.25) is 0 Å². The predicted molar refractivity (Wildman–Crippen MR) is 357 cm³/mol. The Balaban J connectivity index is 4.36. The average Bonchev–Trinajstić information content (AvgIpc) is 3.47. The number of ether oxygens (including phenoxy) is 3. The van der Waals surface area contributed by atoms with Crippen molar-refractivity contribution in [1.82, 2.24) is 0 Å². The van der Waals surface area contributed by atoms with Gasteiger partial charge in [-0.15, -0.1) is 0 Å². The molecule has 0 bridgehead atoms. The molecule has 0 amide bonds. The first kappa shape index (κ1) is 77.3. The van der Waals surface area contributed by atoms with Gasteiger partial charge in [0.15, 0.2) is 6.10 Å². The summed E-state index contributed by atoms with van der Waals surface area (Å²) in [7, 11) is 0. The molecule has 6 heteroatoms. The third kappa shape index (κ3) is 66.1. The van der Waals surface area contributed by atoms with E-state index in [0.29, 0.717) is 19.3 Å². The van der Waals surface area contributed by atoms with Crippen LogP contribution in [0.2, 0.25) is 0 Å². The second-order valence-corrected chi connectivity index (χ2v) is 22.0. The van der Waals surface area contributed by atoms with Crippen molar-refractivity contribution in [2.75, 3.05) is 13.2 Å². The van der Waals surface area contributed by atoms with Gasteiger partial charge >= 0.3 is 17.9 Å². The highest BCUT2D eigenvalue weighted by atomic mass is 16.6. The fourth-order valence-corrected chi connectivity index (χ4v) is 8.98. The Bertz CT molecular complexity index is 1780. The molecule has 0 saturated heterocycles. The molecule has 0 aromatic carbocycles. The first-order valence-corrected chi connectivity index (χ1v) is 33.8. The molecule has 0 spiro atoms. The highest BCUT2D eigenvalue weighted by Crippen LogP contribution is 2.15. The predicted octanol–water partition coefficient (Wildman–Crippen LogP) is 23.5. The van der Waals surface area contributed by atoms with Crippen molar-refractivity contribution >= 4 is 17.9 Å². The Morgan fingerprint density at radius 2 is 0.488 bits per heavy atom. The van der Waals surface area contributed by atoms with Crippen LogP contribution in [0.3, 0.4) is 0 Å². The van der Waals surface area contributed by atoms with E-state index < -0.39 is 6.10 Å². The van der Waals surface area contributed by atoms with Crippen LogP contribution in [0.4, 0.5) is 0 Å². The number of hydrogen-bond acceptors (Lipinski definition) is 6. The average molecular weight is 1130 g/mol. The second-order valence-electron chi connectivity index (χ2n) is 22.0. The van der Waals surface area contributed by atoms with E-state index in [9.17, 15) is 14.4 Å². The Labute approximate surface area is 506 Å². The molecule has 0 aromatic rings. The summed E-state index contributed by atoms with van der Waals surface area (Å²) in [5.74, 6) is -0.931. The van der Waals surface area contributed by atoms with Crippen LogP contribution in [0, 0.1) is 0 Å². The van der Waals surface area contributed by atoms with Gasteiger partial charge in [0.05, 0.1) is 0 Å². The molecular weight excluding hydrogens is 1010 g/mol. The summed E-state index contributed by atoms with van der Waals surface area (Å²) in [6.07, 6.45) is 98.6. The molecule has 0 heterocycles. The molecule has 0 aromatic heterocycles. The normalized spacial score (nSPS) is 13.1. The number of rotatable bonds is 60. The molecule has 6 nitrogen and oxygen atoms in total. The molecule has 0 aliphatic heterocycles. The van der Waals surface area contributed by atoms with Gasteiger partial charge in [-0.1, -0.05) is 282 Å². The van der Waals surface area contributed by atoms with Gasteiger partial charge < -0.3 is 14.2 Å². The number of carbonyl (C=O) groups excluding carboxylic acids is 3. The van der Waals surface area contributed by atoms with Gasteiger partial charge in [-0.2, -0.15) is 0 Å². The first-order valence-electron chi connectivity index (χ1n) is 33.8. The monoisotopic (exact) mass is 1130 g/mol. The van der Waals surface area contributed by atoms with Crippen LogP contribution >= 0.6 is 0 Å². The molecule has 82 heavy (non-hydrogen) atoms. The lowest BCUT2D eigenvalue weighted by molar-refractivity contribution is -0.167. The third-order valence-electron chi connectivity index (χ3n) is 14.0. The minimum absolute atomic E-state index is 0.0966. The van der Waals surface area contributed by atoms with Crippen LogP contribution < -0.4 is 0 Å². The Morgan fingerprint density at radius 3 is 0.793 bits per heavy atom. The summed E-state index contributed by atoms with van der Waals surface area (Å²) >= 11 is 0. The quantitative estimate of drug-likeness (QED) is 0.0261. The summed E-state index contributed by atoms with van der Waals surface area (Å²) in [4.78, 5) is 38.3. The largest absolute Gasteiger partial charge is 0.462 e. The number of carbonyl (C=O) groups is 3. The highest BCUT2D eigenvalue weighted by molar-refractivity contribution is 5.71. The van der Waals surface area contributed by atoms with Crippen LogP contribution in [0.1, 0.15) is 297 Å². The molecule has 1 atom stereocenters. The summed E-state index contributed by atoms with van der Waals surface area (Å²) in [6.45, 7) is 6.46. The van der Waals surface area contributed by atoms with Crippen molar-refractivity contribution in [2.24, 2.45) is 0 Å². The Hall–Kier alpha value is -4.71. The van der Waals surface area contributed by atoms with E-state index in [-0.39, 0.29) is 31.1 Å². The van der Waals surface area contributed by atoms with E-state index in [0.717, 1.165) is 161 Å². The smallest absolute Gasteiger partial charge is 0.306 e. The van der Waals surface area contributed by atoms with E-state index in [4.69, 9.17) is 14.2 Å². The zero-order chi connectivity index (χ0) is 59.2. The summed E-state index contributed by atoms with van der Waals surface area (Å²) in [5.41, 5.74) is 0. The zero-order valence-corrected chi connectivity index (χ0v) is 53.2. The van der Waals surface area contributed by atoms with Crippen molar-refractivity contribution in [1.29, 1.82) is 0 Å². The number of unbranched alkanes of at least 4 members (excludes halogenated alkanes) is 25. The van der Waals surface area contributed by atoms with Crippen molar-refractivity contribution in [3.63, 3.8) is 0 Å². The van der Waals surface area contributed by atoms with E-state index in [1.165, 1.54) is 96.3 Å². The molecule has 0 fully saturated rings. The fraction of sp³-hybridized carbons (Fsp3) is 0.645. The van der Waals surface area contributed by atoms with Gasteiger partial charge in [-0.25, -0.2) is 0 Å². The van der Waals surface area contributed by atoms with Gasteiger partial charge in [0.25, 0.3) is 0 Å². The van der Waals surface area contributed by atoms with Gasteiger partial charge in [0, 0.05) is 19.3 Å². The number of allylic oxidation sites excluding steroid dienone is 24. The lowest BCUT2D eigenvalue weighted by Crippen LogP contribution is -2.30. The van der Waals surface area contributed by atoms with Crippen LogP contribution in [0.25, 0.3) is 0 Å². The summed E-state index contributed by atoms with van der Waals surface area (Å²) in [6, 6.07) is 0. The first-order chi connectivity index (χ1) is 40.5. The second kappa shape index (κ2) is 68.8. The van der Waals surface area contributed by atoms with E-state index >= 15 is 0 Å². The Kier molecular flexibility index (Phi) is 64.8. The lowest BCUT2D eigenvalue weighted by Gasteiger charge is -2.18.